The summed E-state index contributed by atoms with van der Waals surface area (Å²) in [6.07, 6.45) is 4.51. The van der Waals surface area contributed by atoms with Crippen molar-refractivity contribution in [2.45, 2.75) is 32.1 Å². The Bertz CT molecular complexity index is 647. The van der Waals surface area contributed by atoms with Gasteiger partial charge in [-0.05, 0) is 43.4 Å². The Hall–Kier alpha value is -1.62. The number of likely N-dealkylation sites (tertiary alicyclic amines) is 1. The Morgan fingerprint density at radius 3 is 2.74 bits per heavy atom. The topological polar surface area (TPSA) is 63.4 Å². The molecule has 1 saturated heterocycles. The Kier molecular flexibility index (Phi) is 4.32. The van der Waals surface area contributed by atoms with E-state index in [9.17, 15) is 14.0 Å². The van der Waals surface area contributed by atoms with Crippen LogP contribution in [0.2, 0.25) is 5.02 Å². The summed E-state index contributed by atoms with van der Waals surface area (Å²) in [5, 5.41) is -0.0768. The lowest BCUT2D eigenvalue weighted by Crippen LogP contribution is -2.52. The van der Waals surface area contributed by atoms with Gasteiger partial charge in [-0.25, -0.2) is 4.39 Å². The number of carbonyl (C=O) groups is 2. The lowest BCUT2D eigenvalue weighted by atomic mass is 9.75. The summed E-state index contributed by atoms with van der Waals surface area (Å²) >= 11 is 5.76. The van der Waals surface area contributed by atoms with E-state index >= 15 is 0 Å². The summed E-state index contributed by atoms with van der Waals surface area (Å²) in [4.78, 5) is 26.4. The van der Waals surface area contributed by atoms with Crippen molar-refractivity contribution >= 4 is 23.4 Å². The summed E-state index contributed by atoms with van der Waals surface area (Å²) in [5.41, 5.74) is 5.39. The summed E-state index contributed by atoms with van der Waals surface area (Å²) in [7, 11) is 0. The van der Waals surface area contributed by atoms with Crippen LogP contribution in [0.15, 0.2) is 18.2 Å². The molecule has 0 spiro atoms. The van der Waals surface area contributed by atoms with Crippen LogP contribution in [0.4, 0.5) is 4.39 Å². The second kappa shape index (κ2) is 6.11. The molecular formula is C17H20ClFN2O2. The molecule has 4 nitrogen and oxygen atoms in total. The minimum absolute atomic E-state index is 0.0768. The maximum absolute atomic E-state index is 13.3. The van der Waals surface area contributed by atoms with E-state index in [2.05, 4.69) is 0 Å². The van der Waals surface area contributed by atoms with Crippen LogP contribution in [0.5, 0.6) is 0 Å². The van der Waals surface area contributed by atoms with E-state index in [-0.39, 0.29) is 16.8 Å². The predicted molar refractivity (Wildman–Crippen MR) is 85.5 cm³/mol. The van der Waals surface area contributed by atoms with Crippen molar-refractivity contribution in [2.24, 2.45) is 17.1 Å². The highest BCUT2D eigenvalue weighted by Gasteiger charge is 2.45. The van der Waals surface area contributed by atoms with E-state index in [0.29, 0.717) is 24.6 Å². The average molecular weight is 339 g/mol. The van der Waals surface area contributed by atoms with Crippen LogP contribution in [0.3, 0.4) is 0 Å². The van der Waals surface area contributed by atoms with Gasteiger partial charge in [-0.15, -0.1) is 0 Å². The average Bonchev–Trinajstić information content (AvgIpc) is 3.33. The molecule has 0 aromatic heterocycles. The zero-order valence-corrected chi connectivity index (χ0v) is 13.6. The molecule has 6 heteroatoms. The van der Waals surface area contributed by atoms with Gasteiger partial charge in [0, 0.05) is 18.7 Å². The standard InChI is InChI=1S/C17H20ClFN2O2/c18-13-8-12(4-5-14(13)19)15(22)21-7-1-6-17(10-21,16(20)23)9-11-2-3-11/h4-5,8,11H,1-3,6-7,9-10H2,(H2,20,23). The fraction of sp³-hybridized carbons (Fsp3) is 0.529. The van der Waals surface area contributed by atoms with Gasteiger partial charge in [0.25, 0.3) is 5.91 Å². The fourth-order valence-corrected chi connectivity index (χ4v) is 3.64. The second-order valence-electron chi connectivity index (χ2n) is 6.75. The van der Waals surface area contributed by atoms with Crippen molar-refractivity contribution < 1.29 is 14.0 Å². The summed E-state index contributed by atoms with van der Waals surface area (Å²) in [6, 6.07) is 3.94. The van der Waals surface area contributed by atoms with E-state index in [1.165, 1.54) is 18.2 Å². The van der Waals surface area contributed by atoms with Gasteiger partial charge < -0.3 is 10.6 Å². The molecule has 1 heterocycles. The van der Waals surface area contributed by atoms with Gasteiger partial charge in [0.1, 0.15) is 5.82 Å². The number of amides is 2. The zero-order chi connectivity index (χ0) is 16.6. The van der Waals surface area contributed by atoms with Gasteiger partial charge in [-0.2, -0.15) is 0 Å². The molecule has 1 unspecified atom stereocenters. The number of rotatable bonds is 4. The molecule has 23 heavy (non-hydrogen) atoms. The van der Waals surface area contributed by atoms with Crippen LogP contribution in [-0.4, -0.2) is 29.8 Å². The highest BCUT2D eigenvalue weighted by molar-refractivity contribution is 6.31. The van der Waals surface area contributed by atoms with Crippen LogP contribution in [0.25, 0.3) is 0 Å². The Balaban J connectivity index is 1.80. The first-order valence-electron chi connectivity index (χ1n) is 7.95. The number of halogens is 2. The third-order valence-corrected chi connectivity index (χ3v) is 5.22. The number of carbonyl (C=O) groups excluding carboxylic acids is 2. The van der Waals surface area contributed by atoms with Gasteiger partial charge in [0.05, 0.1) is 10.4 Å². The third-order valence-electron chi connectivity index (χ3n) is 4.93. The van der Waals surface area contributed by atoms with Gasteiger partial charge >= 0.3 is 0 Å². The van der Waals surface area contributed by atoms with E-state index in [0.717, 1.165) is 32.1 Å². The van der Waals surface area contributed by atoms with Crippen molar-refractivity contribution in [3.63, 3.8) is 0 Å². The monoisotopic (exact) mass is 338 g/mol. The number of piperidine rings is 1. The quantitative estimate of drug-likeness (QED) is 0.917. The molecule has 1 saturated carbocycles. The van der Waals surface area contributed by atoms with Crippen LogP contribution in [-0.2, 0) is 4.79 Å². The number of primary amides is 1. The Morgan fingerprint density at radius 1 is 1.39 bits per heavy atom. The van der Waals surface area contributed by atoms with Gasteiger partial charge in [0.15, 0.2) is 0 Å². The van der Waals surface area contributed by atoms with E-state index in [4.69, 9.17) is 17.3 Å². The maximum atomic E-state index is 13.3. The van der Waals surface area contributed by atoms with Gasteiger partial charge in [0.2, 0.25) is 5.91 Å². The number of nitrogens with zero attached hydrogens (tertiary/aromatic N) is 1. The summed E-state index contributed by atoms with van der Waals surface area (Å²) in [5.74, 6) is -0.549. The molecule has 0 bridgehead atoms. The molecule has 2 fully saturated rings. The van der Waals surface area contributed by atoms with Gasteiger partial charge in [-0.1, -0.05) is 24.4 Å². The maximum Gasteiger partial charge on any atom is 0.253 e. The predicted octanol–water partition coefficient (Wildman–Crippen LogP) is 2.99. The normalized spacial score (nSPS) is 24.5. The molecule has 0 radical (unpaired) electrons. The number of hydrogen-bond donors (Lipinski definition) is 1. The highest BCUT2D eigenvalue weighted by Crippen LogP contribution is 2.44. The molecule has 124 valence electrons. The van der Waals surface area contributed by atoms with Crippen molar-refractivity contribution in [2.75, 3.05) is 13.1 Å². The third kappa shape index (κ3) is 3.34. The molecular weight excluding hydrogens is 319 g/mol. The first-order valence-corrected chi connectivity index (χ1v) is 8.33. The van der Waals surface area contributed by atoms with Crippen LogP contribution < -0.4 is 5.73 Å². The van der Waals surface area contributed by atoms with Crippen LogP contribution >= 0.6 is 11.6 Å². The van der Waals surface area contributed by atoms with E-state index in [1.807, 2.05) is 0 Å². The lowest BCUT2D eigenvalue weighted by Gasteiger charge is -2.41. The molecule has 1 aliphatic heterocycles. The molecule has 2 aliphatic rings. The number of benzene rings is 1. The summed E-state index contributed by atoms with van der Waals surface area (Å²) in [6.45, 7) is 0.917. The van der Waals surface area contributed by atoms with Crippen LogP contribution in [0, 0.1) is 17.2 Å². The molecule has 1 aromatic rings. The van der Waals surface area contributed by atoms with Crippen molar-refractivity contribution in [3.05, 3.63) is 34.6 Å². The van der Waals surface area contributed by atoms with Crippen molar-refractivity contribution in [3.8, 4) is 0 Å². The molecule has 2 N–H and O–H groups in total. The molecule has 1 aliphatic carbocycles. The number of hydrogen-bond acceptors (Lipinski definition) is 2. The Morgan fingerprint density at radius 2 is 2.13 bits per heavy atom. The first-order chi connectivity index (χ1) is 10.9. The smallest absolute Gasteiger partial charge is 0.253 e. The molecule has 1 aromatic carbocycles. The van der Waals surface area contributed by atoms with Crippen molar-refractivity contribution in [1.82, 2.24) is 4.90 Å². The molecule has 3 rings (SSSR count). The largest absolute Gasteiger partial charge is 0.369 e. The van der Waals surface area contributed by atoms with E-state index < -0.39 is 11.2 Å². The van der Waals surface area contributed by atoms with Crippen molar-refractivity contribution in [1.29, 1.82) is 0 Å². The SMILES string of the molecule is NC(=O)C1(CC2CC2)CCCN(C(=O)c2ccc(F)c(Cl)c2)C1. The minimum Gasteiger partial charge on any atom is -0.369 e. The summed E-state index contributed by atoms with van der Waals surface area (Å²) < 4.78 is 13.3. The van der Waals surface area contributed by atoms with E-state index in [1.54, 1.807) is 4.90 Å². The molecule has 1 atom stereocenters. The fourth-order valence-electron chi connectivity index (χ4n) is 3.46. The molecule has 2 amide bonds. The Labute approximate surface area is 139 Å². The lowest BCUT2D eigenvalue weighted by molar-refractivity contribution is -0.131. The number of nitrogens with two attached hydrogens (primary N) is 1. The minimum atomic E-state index is -0.626. The zero-order valence-electron chi connectivity index (χ0n) is 12.9. The van der Waals surface area contributed by atoms with Gasteiger partial charge in [-0.3, -0.25) is 9.59 Å². The second-order valence-corrected chi connectivity index (χ2v) is 7.16. The highest BCUT2D eigenvalue weighted by atomic mass is 35.5. The first kappa shape index (κ1) is 16.2. The van der Waals surface area contributed by atoms with Crippen LogP contribution in [0.1, 0.15) is 42.5 Å².